The fourth-order valence-corrected chi connectivity index (χ4v) is 1.38. The van der Waals surface area contributed by atoms with Gasteiger partial charge in [-0.1, -0.05) is 11.6 Å². The molecule has 0 saturated heterocycles. The Morgan fingerprint density at radius 1 is 1.56 bits per heavy atom. The molecule has 0 saturated carbocycles. The molecule has 5 heteroatoms. The van der Waals surface area contributed by atoms with E-state index in [0.717, 1.165) is 5.56 Å². The van der Waals surface area contributed by atoms with Crippen LogP contribution in [0.2, 0.25) is 0 Å². The maximum absolute atomic E-state index is 11.0. The van der Waals surface area contributed by atoms with Crippen molar-refractivity contribution >= 4 is 23.3 Å². The minimum absolute atomic E-state index is 0.112. The van der Waals surface area contributed by atoms with Crippen LogP contribution >= 0.6 is 11.6 Å². The van der Waals surface area contributed by atoms with Crippen LogP contribution < -0.4 is 5.32 Å². The third-order valence-corrected chi connectivity index (χ3v) is 2.47. The summed E-state index contributed by atoms with van der Waals surface area (Å²) in [7, 11) is 0. The molecule has 16 heavy (non-hydrogen) atoms. The maximum Gasteiger partial charge on any atom is 0.337 e. The van der Waals surface area contributed by atoms with E-state index in [1.54, 1.807) is 12.1 Å². The molecule has 0 aliphatic rings. The van der Waals surface area contributed by atoms with Crippen LogP contribution in [-0.4, -0.2) is 34.7 Å². The number of aryl methyl sites for hydroxylation is 1. The van der Waals surface area contributed by atoms with Crippen molar-refractivity contribution in [2.75, 3.05) is 17.7 Å². The Morgan fingerprint density at radius 2 is 2.25 bits per heavy atom. The van der Waals surface area contributed by atoms with Crippen molar-refractivity contribution in [1.29, 1.82) is 0 Å². The van der Waals surface area contributed by atoms with Crippen LogP contribution in [0.5, 0.6) is 0 Å². The minimum Gasteiger partial charge on any atom is -0.478 e. The summed E-state index contributed by atoms with van der Waals surface area (Å²) in [6, 6.07) is 5.07. The first-order valence-electron chi connectivity index (χ1n) is 4.86. The highest BCUT2D eigenvalue weighted by Crippen LogP contribution is 2.17. The van der Waals surface area contributed by atoms with E-state index >= 15 is 0 Å². The number of hydrogen-bond acceptors (Lipinski definition) is 3. The van der Waals surface area contributed by atoms with Crippen molar-refractivity contribution in [1.82, 2.24) is 0 Å². The highest BCUT2D eigenvalue weighted by atomic mass is 35.5. The van der Waals surface area contributed by atoms with Crippen molar-refractivity contribution in [3.05, 3.63) is 29.3 Å². The van der Waals surface area contributed by atoms with Crippen LogP contribution in [-0.2, 0) is 0 Å². The Balaban J connectivity index is 2.82. The zero-order valence-electron chi connectivity index (χ0n) is 8.90. The third kappa shape index (κ3) is 3.40. The van der Waals surface area contributed by atoms with E-state index in [4.69, 9.17) is 16.7 Å². The monoisotopic (exact) mass is 243 g/mol. The molecule has 0 amide bonds. The van der Waals surface area contributed by atoms with Gasteiger partial charge in [-0.2, -0.15) is 0 Å². The molecule has 4 nitrogen and oxygen atoms in total. The number of anilines is 1. The summed E-state index contributed by atoms with van der Waals surface area (Å²) in [5, 5.41) is 21.1. The number of aromatic carboxylic acids is 1. The number of alkyl halides is 1. The second kappa shape index (κ2) is 5.72. The lowest BCUT2D eigenvalue weighted by molar-refractivity contribution is 0.0697. The van der Waals surface area contributed by atoms with Gasteiger partial charge in [-0.15, -0.1) is 11.6 Å². The Hall–Kier alpha value is -1.26. The first kappa shape index (κ1) is 12.8. The molecule has 0 spiro atoms. The summed E-state index contributed by atoms with van der Waals surface area (Å²) in [5.74, 6) is -0.882. The summed E-state index contributed by atoms with van der Waals surface area (Å²) in [4.78, 5) is 11.0. The molecule has 0 aliphatic carbocycles. The molecule has 0 radical (unpaired) electrons. The number of carbonyl (C=O) groups is 1. The van der Waals surface area contributed by atoms with Crippen LogP contribution in [0.1, 0.15) is 15.9 Å². The maximum atomic E-state index is 11.0. The summed E-state index contributed by atoms with van der Waals surface area (Å²) >= 11 is 5.44. The van der Waals surface area contributed by atoms with E-state index < -0.39 is 12.1 Å². The fraction of sp³-hybridized carbons (Fsp3) is 0.364. The molecule has 1 aromatic carbocycles. The molecule has 0 aromatic heterocycles. The Labute approximate surface area is 98.9 Å². The van der Waals surface area contributed by atoms with Crippen LogP contribution in [0, 0.1) is 6.92 Å². The quantitative estimate of drug-likeness (QED) is 0.689. The zero-order chi connectivity index (χ0) is 12.1. The van der Waals surface area contributed by atoms with Gasteiger partial charge in [0.15, 0.2) is 0 Å². The van der Waals surface area contributed by atoms with E-state index in [2.05, 4.69) is 5.32 Å². The first-order valence-corrected chi connectivity index (χ1v) is 5.40. The number of rotatable bonds is 5. The zero-order valence-corrected chi connectivity index (χ0v) is 9.66. The van der Waals surface area contributed by atoms with Crippen LogP contribution in [0.4, 0.5) is 5.69 Å². The van der Waals surface area contributed by atoms with Crippen LogP contribution in [0.15, 0.2) is 18.2 Å². The van der Waals surface area contributed by atoms with Gasteiger partial charge in [0.25, 0.3) is 0 Å². The number of carboxylic acids is 1. The molecule has 1 unspecified atom stereocenters. The Bertz CT molecular complexity index is 381. The van der Waals surface area contributed by atoms with Crippen molar-refractivity contribution in [2.24, 2.45) is 0 Å². The number of aliphatic hydroxyl groups is 1. The smallest absolute Gasteiger partial charge is 0.337 e. The molecule has 88 valence electrons. The van der Waals surface area contributed by atoms with Gasteiger partial charge in [0, 0.05) is 12.2 Å². The van der Waals surface area contributed by atoms with Gasteiger partial charge in [-0.05, 0) is 19.1 Å². The van der Waals surface area contributed by atoms with Gasteiger partial charge in [-0.25, -0.2) is 4.79 Å². The first-order chi connectivity index (χ1) is 7.54. The van der Waals surface area contributed by atoms with Gasteiger partial charge in [0.2, 0.25) is 0 Å². The summed E-state index contributed by atoms with van der Waals surface area (Å²) < 4.78 is 0. The van der Waals surface area contributed by atoms with Gasteiger partial charge >= 0.3 is 5.97 Å². The lowest BCUT2D eigenvalue weighted by Gasteiger charge is -2.12. The average molecular weight is 244 g/mol. The number of benzene rings is 1. The Morgan fingerprint density at radius 3 is 2.81 bits per heavy atom. The molecule has 1 atom stereocenters. The van der Waals surface area contributed by atoms with Crippen molar-refractivity contribution in [2.45, 2.75) is 13.0 Å². The normalized spacial score (nSPS) is 12.2. The van der Waals surface area contributed by atoms with Gasteiger partial charge in [0.05, 0.1) is 17.5 Å². The second-order valence-corrected chi connectivity index (χ2v) is 3.85. The van der Waals surface area contributed by atoms with Crippen LogP contribution in [0.3, 0.4) is 0 Å². The summed E-state index contributed by atoms with van der Waals surface area (Å²) in [6.07, 6.45) is -0.690. The highest BCUT2D eigenvalue weighted by Gasteiger charge is 2.11. The molecule has 1 aromatic rings. The SMILES string of the molecule is Cc1ccc(NCC(O)CCl)c(C(=O)O)c1. The number of aliphatic hydroxyl groups excluding tert-OH is 1. The highest BCUT2D eigenvalue weighted by molar-refractivity contribution is 6.18. The largest absolute Gasteiger partial charge is 0.478 e. The molecule has 3 N–H and O–H groups in total. The molecule has 0 bridgehead atoms. The predicted molar refractivity (Wildman–Crippen MR) is 63.4 cm³/mol. The van der Waals surface area contributed by atoms with Crippen molar-refractivity contribution < 1.29 is 15.0 Å². The lowest BCUT2D eigenvalue weighted by Crippen LogP contribution is -2.21. The van der Waals surface area contributed by atoms with E-state index in [0.29, 0.717) is 5.69 Å². The summed E-state index contributed by atoms with van der Waals surface area (Å²) in [6.45, 7) is 2.05. The van der Waals surface area contributed by atoms with Crippen molar-refractivity contribution in [3.63, 3.8) is 0 Å². The molecule has 1 rings (SSSR count). The standard InChI is InChI=1S/C11H14ClNO3/c1-7-2-3-10(9(4-7)11(15)16)13-6-8(14)5-12/h2-4,8,13-14H,5-6H2,1H3,(H,15,16). The molecular formula is C11H14ClNO3. The predicted octanol–water partition coefficient (Wildman–Crippen LogP) is 1.70. The van der Waals surface area contributed by atoms with E-state index in [1.165, 1.54) is 0 Å². The third-order valence-electron chi connectivity index (χ3n) is 2.11. The van der Waals surface area contributed by atoms with Gasteiger partial charge in [-0.3, -0.25) is 0 Å². The average Bonchev–Trinajstić information content (AvgIpc) is 2.26. The molecule has 0 aliphatic heterocycles. The fourth-order valence-electron chi connectivity index (χ4n) is 1.27. The van der Waals surface area contributed by atoms with E-state index in [9.17, 15) is 9.90 Å². The molecule has 0 fully saturated rings. The second-order valence-electron chi connectivity index (χ2n) is 3.54. The Kier molecular flexibility index (Phi) is 4.58. The minimum atomic E-state index is -0.994. The molecule has 0 heterocycles. The number of nitrogens with one attached hydrogen (secondary N) is 1. The molecular weight excluding hydrogens is 230 g/mol. The number of hydrogen-bond donors (Lipinski definition) is 3. The summed E-state index contributed by atoms with van der Waals surface area (Å²) in [5.41, 5.74) is 1.56. The van der Waals surface area contributed by atoms with E-state index in [1.807, 2.05) is 13.0 Å². The lowest BCUT2D eigenvalue weighted by atomic mass is 10.1. The van der Waals surface area contributed by atoms with E-state index in [-0.39, 0.29) is 18.0 Å². The number of halogens is 1. The van der Waals surface area contributed by atoms with Crippen molar-refractivity contribution in [3.8, 4) is 0 Å². The van der Waals surface area contributed by atoms with Gasteiger partial charge in [0.1, 0.15) is 0 Å². The van der Waals surface area contributed by atoms with Gasteiger partial charge < -0.3 is 15.5 Å². The topological polar surface area (TPSA) is 69.6 Å². The number of carboxylic acid groups (broad SMARTS) is 1. The van der Waals surface area contributed by atoms with Crippen LogP contribution in [0.25, 0.3) is 0 Å².